The molecule has 2 heteroatoms. The smallest absolute Gasteiger partial charge is 0.186 e. The van der Waals surface area contributed by atoms with Crippen LogP contribution in [0.15, 0.2) is 133 Å². The molecule has 8 rings (SSSR count). The standard InChI is InChI=1S/C36H22O2/c1-3-9-25-17-31-21-33-27(19-29(31)15-23(25)7-1)11-5-13-35(33)37-38-36-14-6-12-28-20-30-16-24-8-2-4-10-26(24)18-32(30)22-34(28)36/h1-22H. The summed E-state index contributed by atoms with van der Waals surface area (Å²) in [5.41, 5.74) is 0. The van der Waals surface area contributed by atoms with Crippen LogP contribution in [0.4, 0.5) is 0 Å². The van der Waals surface area contributed by atoms with Gasteiger partial charge in [0.1, 0.15) is 0 Å². The van der Waals surface area contributed by atoms with Crippen LogP contribution in [-0.4, -0.2) is 0 Å². The summed E-state index contributed by atoms with van der Waals surface area (Å²) in [5, 5.41) is 14.0. The normalized spacial score (nSPS) is 11.7. The molecule has 0 radical (unpaired) electrons. The average Bonchev–Trinajstić information content (AvgIpc) is 2.95. The molecule has 0 spiro atoms. The molecule has 0 aliphatic heterocycles. The fourth-order valence-corrected chi connectivity index (χ4v) is 5.61. The highest BCUT2D eigenvalue weighted by atomic mass is 17.2. The van der Waals surface area contributed by atoms with Gasteiger partial charge in [-0.2, -0.15) is 0 Å². The summed E-state index contributed by atoms with van der Waals surface area (Å²) >= 11 is 0. The fraction of sp³-hybridized carbons (Fsp3) is 0. The van der Waals surface area contributed by atoms with Gasteiger partial charge in [-0.15, -0.1) is 0 Å². The second-order valence-electron chi connectivity index (χ2n) is 9.92. The largest absolute Gasteiger partial charge is 0.289 e. The van der Waals surface area contributed by atoms with Crippen LogP contribution in [0.1, 0.15) is 0 Å². The average molecular weight is 487 g/mol. The predicted molar refractivity (Wildman–Crippen MR) is 159 cm³/mol. The lowest BCUT2D eigenvalue weighted by Gasteiger charge is -2.12. The van der Waals surface area contributed by atoms with Gasteiger partial charge < -0.3 is 0 Å². The number of hydrogen-bond acceptors (Lipinski definition) is 2. The van der Waals surface area contributed by atoms with Gasteiger partial charge in [0.05, 0.1) is 0 Å². The Kier molecular flexibility index (Phi) is 4.55. The number of fused-ring (bicyclic) bond motifs is 6. The molecule has 0 amide bonds. The van der Waals surface area contributed by atoms with Crippen LogP contribution in [0.25, 0.3) is 64.6 Å². The molecule has 178 valence electrons. The van der Waals surface area contributed by atoms with Crippen molar-refractivity contribution < 1.29 is 9.78 Å². The Morgan fingerprint density at radius 1 is 0.263 bits per heavy atom. The summed E-state index contributed by atoms with van der Waals surface area (Å²) in [6, 6.07) is 46.9. The van der Waals surface area contributed by atoms with Gasteiger partial charge in [0.15, 0.2) is 11.5 Å². The summed E-state index contributed by atoms with van der Waals surface area (Å²) < 4.78 is 0. The maximum atomic E-state index is 6.03. The minimum Gasteiger partial charge on any atom is -0.289 e. The molecule has 0 N–H and O–H groups in total. The van der Waals surface area contributed by atoms with Crippen LogP contribution in [0.3, 0.4) is 0 Å². The van der Waals surface area contributed by atoms with Crippen molar-refractivity contribution in [2.75, 3.05) is 0 Å². The quantitative estimate of drug-likeness (QED) is 0.140. The highest BCUT2D eigenvalue weighted by Gasteiger charge is 2.10. The monoisotopic (exact) mass is 486 g/mol. The van der Waals surface area contributed by atoms with E-state index in [0.29, 0.717) is 11.5 Å². The first-order valence-electron chi connectivity index (χ1n) is 12.8. The summed E-state index contributed by atoms with van der Waals surface area (Å²) in [7, 11) is 0. The molecule has 0 fully saturated rings. The molecule has 0 atom stereocenters. The zero-order chi connectivity index (χ0) is 25.1. The topological polar surface area (TPSA) is 18.5 Å². The molecule has 0 aliphatic carbocycles. The summed E-state index contributed by atoms with van der Waals surface area (Å²) in [5.74, 6) is 1.39. The zero-order valence-corrected chi connectivity index (χ0v) is 20.5. The van der Waals surface area contributed by atoms with E-state index in [9.17, 15) is 0 Å². The molecule has 8 aromatic rings. The van der Waals surface area contributed by atoms with E-state index < -0.39 is 0 Å². The van der Waals surface area contributed by atoms with E-state index >= 15 is 0 Å². The third-order valence-electron chi connectivity index (χ3n) is 7.55. The Morgan fingerprint density at radius 2 is 0.579 bits per heavy atom. The molecule has 0 aliphatic rings. The Hall–Kier alpha value is -5.08. The minimum atomic E-state index is 0.696. The molecule has 0 heterocycles. The van der Waals surface area contributed by atoms with Gasteiger partial charge >= 0.3 is 0 Å². The molecule has 0 saturated heterocycles. The first-order chi connectivity index (χ1) is 18.8. The van der Waals surface area contributed by atoms with Crippen LogP contribution in [0.5, 0.6) is 11.5 Å². The zero-order valence-electron chi connectivity index (χ0n) is 20.5. The van der Waals surface area contributed by atoms with Crippen molar-refractivity contribution in [2.24, 2.45) is 0 Å². The molecule has 0 unspecified atom stereocenters. The van der Waals surface area contributed by atoms with Crippen LogP contribution >= 0.6 is 0 Å². The van der Waals surface area contributed by atoms with E-state index in [0.717, 1.165) is 21.5 Å². The molecular formula is C36H22O2. The van der Waals surface area contributed by atoms with Crippen molar-refractivity contribution in [1.29, 1.82) is 0 Å². The predicted octanol–water partition coefficient (Wildman–Crippen LogP) is 9.98. The van der Waals surface area contributed by atoms with Crippen LogP contribution in [-0.2, 0) is 0 Å². The van der Waals surface area contributed by atoms with E-state index in [1.54, 1.807) is 0 Å². The van der Waals surface area contributed by atoms with Crippen molar-refractivity contribution in [1.82, 2.24) is 0 Å². The maximum Gasteiger partial charge on any atom is 0.186 e. The number of rotatable bonds is 3. The lowest BCUT2D eigenvalue weighted by molar-refractivity contribution is -0.0968. The van der Waals surface area contributed by atoms with Crippen molar-refractivity contribution >= 4 is 64.6 Å². The van der Waals surface area contributed by atoms with Gasteiger partial charge in [0.2, 0.25) is 0 Å². The lowest BCUT2D eigenvalue weighted by atomic mass is 9.99. The molecule has 0 bridgehead atoms. The van der Waals surface area contributed by atoms with Gasteiger partial charge in [0, 0.05) is 10.8 Å². The minimum absolute atomic E-state index is 0.696. The fourth-order valence-electron chi connectivity index (χ4n) is 5.61. The third kappa shape index (κ3) is 3.42. The van der Waals surface area contributed by atoms with Crippen molar-refractivity contribution in [3.8, 4) is 11.5 Å². The highest BCUT2D eigenvalue weighted by molar-refractivity contribution is 6.07. The Balaban J connectivity index is 1.21. The summed E-state index contributed by atoms with van der Waals surface area (Å²) in [6.45, 7) is 0. The molecular weight excluding hydrogens is 464 g/mol. The van der Waals surface area contributed by atoms with E-state index in [1.807, 2.05) is 24.3 Å². The highest BCUT2D eigenvalue weighted by Crippen LogP contribution is 2.35. The van der Waals surface area contributed by atoms with E-state index in [4.69, 9.17) is 9.78 Å². The van der Waals surface area contributed by atoms with Crippen molar-refractivity contribution in [3.05, 3.63) is 133 Å². The SMILES string of the molecule is c1ccc2cc3cc4c(OOc5cccc6cc7cc8ccccc8cc7cc56)cccc4cc3cc2c1. The second-order valence-corrected chi connectivity index (χ2v) is 9.92. The van der Waals surface area contributed by atoms with Crippen molar-refractivity contribution in [2.45, 2.75) is 0 Å². The molecule has 38 heavy (non-hydrogen) atoms. The molecule has 8 aromatic carbocycles. The van der Waals surface area contributed by atoms with E-state index in [2.05, 4.69) is 109 Å². The number of benzene rings is 8. The van der Waals surface area contributed by atoms with Gasteiger partial charge in [-0.25, -0.2) is 0 Å². The van der Waals surface area contributed by atoms with Gasteiger partial charge in [-0.05, 0) is 115 Å². The maximum absolute atomic E-state index is 6.03. The Bertz CT molecular complexity index is 2030. The van der Waals surface area contributed by atoms with Crippen LogP contribution in [0.2, 0.25) is 0 Å². The van der Waals surface area contributed by atoms with Gasteiger partial charge in [-0.3, -0.25) is 9.78 Å². The first kappa shape index (κ1) is 21.0. The van der Waals surface area contributed by atoms with Crippen molar-refractivity contribution in [3.63, 3.8) is 0 Å². The van der Waals surface area contributed by atoms with E-state index in [1.165, 1.54) is 43.1 Å². The van der Waals surface area contributed by atoms with E-state index in [-0.39, 0.29) is 0 Å². The lowest BCUT2D eigenvalue weighted by Crippen LogP contribution is -2.01. The molecule has 0 saturated carbocycles. The molecule has 0 aromatic heterocycles. The van der Waals surface area contributed by atoms with Gasteiger partial charge in [0.25, 0.3) is 0 Å². The third-order valence-corrected chi connectivity index (χ3v) is 7.55. The Labute approximate surface area is 219 Å². The summed E-state index contributed by atoms with van der Waals surface area (Å²) in [6.07, 6.45) is 0. The van der Waals surface area contributed by atoms with Gasteiger partial charge in [-0.1, -0.05) is 72.8 Å². The van der Waals surface area contributed by atoms with Crippen LogP contribution < -0.4 is 9.78 Å². The first-order valence-corrected chi connectivity index (χ1v) is 12.8. The van der Waals surface area contributed by atoms with Crippen LogP contribution in [0, 0.1) is 0 Å². The molecule has 2 nitrogen and oxygen atoms in total. The second kappa shape index (κ2) is 8.22. The Morgan fingerprint density at radius 3 is 0.974 bits per heavy atom. The summed E-state index contributed by atoms with van der Waals surface area (Å²) in [4.78, 5) is 12.1. The number of hydrogen-bond donors (Lipinski definition) is 0.